The van der Waals surface area contributed by atoms with Crippen LogP contribution in [0.25, 0.3) is 23.1 Å². The van der Waals surface area contributed by atoms with Crippen LogP contribution in [-0.4, -0.2) is 29.2 Å². The number of nitro benzene ring substituents is 1. The Morgan fingerprint density at radius 1 is 1.08 bits per heavy atom. The summed E-state index contributed by atoms with van der Waals surface area (Å²) in [6, 6.07) is 11.5. The summed E-state index contributed by atoms with van der Waals surface area (Å²) in [7, 11) is 2.92. The Balaban J connectivity index is 1.97. The average molecular weight is 352 g/mol. The van der Waals surface area contributed by atoms with Gasteiger partial charge in [0.25, 0.3) is 5.69 Å². The quantitative estimate of drug-likeness (QED) is 0.550. The smallest absolute Gasteiger partial charge is 0.278 e. The third kappa shape index (κ3) is 3.27. The largest absolute Gasteiger partial charge is 0.502 e. The first-order valence-corrected chi connectivity index (χ1v) is 7.70. The van der Waals surface area contributed by atoms with E-state index < -0.39 is 4.92 Å². The van der Waals surface area contributed by atoms with Gasteiger partial charge in [0.1, 0.15) is 0 Å². The highest BCUT2D eigenvalue weighted by atomic mass is 16.6. The minimum atomic E-state index is -0.422. The molecule has 0 saturated heterocycles. The van der Waals surface area contributed by atoms with Crippen molar-refractivity contribution in [2.75, 3.05) is 14.2 Å². The molecule has 3 rings (SSSR count). The molecule has 1 aromatic heterocycles. The number of rotatable bonds is 5. The summed E-state index contributed by atoms with van der Waals surface area (Å²) in [6.45, 7) is 0. The maximum Gasteiger partial charge on any atom is 0.278 e. The maximum absolute atomic E-state index is 11.1. The summed E-state index contributed by atoms with van der Waals surface area (Å²) >= 11 is 0. The number of phenols is 1. The summed E-state index contributed by atoms with van der Waals surface area (Å²) in [5.41, 5.74) is 1.96. The third-order valence-electron chi connectivity index (χ3n) is 3.88. The van der Waals surface area contributed by atoms with Gasteiger partial charge in [0.15, 0.2) is 11.5 Å². The number of non-ortho nitro benzene ring substituents is 1. The molecule has 3 aromatic rings. The van der Waals surface area contributed by atoms with Gasteiger partial charge in [-0.15, -0.1) is 0 Å². The third-order valence-corrected chi connectivity index (χ3v) is 3.88. The van der Waals surface area contributed by atoms with E-state index in [2.05, 4.69) is 4.98 Å². The van der Waals surface area contributed by atoms with Crippen LogP contribution in [0.15, 0.2) is 42.5 Å². The molecule has 0 atom stereocenters. The highest BCUT2D eigenvalue weighted by molar-refractivity contribution is 5.89. The van der Waals surface area contributed by atoms with Crippen molar-refractivity contribution in [3.05, 3.63) is 63.8 Å². The predicted octanol–water partition coefficient (Wildman–Crippen LogP) is 4.04. The number of hydrogen-bond acceptors (Lipinski definition) is 6. The molecule has 0 radical (unpaired) electrons. The zero-order chi connectivity index (χ0) is 18.7. The van der Waals surface area contributed by atoms with Crippen LogP contribution >= 0.6 is 0 Å². The Bertz CT molecular complexity index is 989. The van der Waals surface area contributed by atoms with E-state index in [1.807, 2.05) is 0 Å². The van der Waals surface area contributed by atoms with Gasteiger partial charge in [-0.05, 0) is 42.0 Å². The Kier molecular flexibility index (Phi) is 4.70. The Hall–Kier alpha value is -3.61. The van der Waals surface area contributed by atoms with Crippen LogP contribution in [0.4, 0.5) is 5.69 Å². The zero-order valence-corrected chi connectivity index (χ0v) is 14.2. The molecule has 2 aromatic carbocycles. The molecule has 0 unspecified atom stereocenters. The molecule has 1 heterocycles. The average Bonchev–Trinajstić information content (AvgIpc) is 2.66. The zero-order valence-electron chi connectivity index (χ0n) is 14.2. The van der Waals surface area contributed by atoms with Gasteiger partial charge in [-0.25, -0.2) is 4.98 Å². The summed E-state index contributed by atoms with van der Waals surface area (Å²) in [4.78, 5) is 15.1. The molecule has 0 aliphatic carbocycles. The number of phenolic OH excluding ortho intramolecular Hbond substituents is 1. The minimum absolute atomic E-state index is 0.0264. The van der Waals surface area contributed by atoms with Crippen LogP contribution in [0.1, 0.15) is 11.3 Å². The first-order chi connectivity index (χ1) is 12.5. The van der Waals surface area contributed by atoms with Crippen LogP contribution in [0.5, 0.6) is 17.2 Å². The van der Waals surface area contributed by atoms with Crippen molar-refractivity contribution in [1.82, 2.24) is 4.98 Å². The number of pyridine rings is 1. The van der Waals surface area contributed by atoms with Crippen LogP contribution < -0.4 is 9.47 Å². The lowest BCUT2D eigenvalue weighted by Gasteiger charge is -2.09. The Morgan fingerprint density at radius 2 is 1.77 bits per heavy atom. The Labute approximate surface area is 149 Å². The number of nitrogens with zero attached hydrogens (tertiary/aromatic N) is 2. The summed E-state index contributed by atoms with van der Waals surface area (Å²) in [6.07, 6.45) is 3.56. The second-order valence-corrected chi connectivity index (χ2v) is 5.44. The number of fused-ring (bicyclic) bond motifs is 1. The number of nitro groups is 1. The van der Waals surface area contributed by atoms with Crippen molar-refractivity contribution in [1.29, 1.82) is 0 Å². The van der Waals surface area contributed by atoms with Crippen LogP contribution in [0.2, 0.25) is 0 Å². The van der Waals surface area contributed by atoms with E-state index in [9.17, 15) is 15.2 Å². The van der Waals surface area contributed by atoms with Crippen LogP contribution in [0, 0.1) is 10.1 Å². The van der Waals surface area contributed by atoms with Gasteiger partial charge in [-0.3, -0.25) is 10.1 Å². The van der Waals surface area contributed by atoms with Gasteiger partial charge in [-0.1, -0.05) is 12.1 Å². The molecule has 0 amide bonds. The van der Waals surface area contributed by atoms with Crippen molar-refractivity contribution >= 4 is 28.7 Å². The molecule has 0 aliphatic heterocycles. The van der Waals surface area contributed by atoms with Crippen molar-refractivity contribution in [3.8, 4) is 17.2 Å². The first kappa shape index (κ1) is 17.2. The fraction of sp³-hybridized carbons (Fsp3) is 0.105. The molecule has 1 N–H and O–H groups in total. The monoisotopic (exact) mass is 352 g/mol. The second-order valence-electron chi connectivity index (χ2n) is 5.44. The number of aromatic hydroxyl groups is 1. The van der Waals surface area contributed by atoms with E-state index in [1.165, 1.54) is 20.3 Å². The molecule has 0 fully saturated rings. The molecule has 7 heteroatoms. The topological polar surface area (TPSA) is 94.7 Å². The molecule has 0 spiro atoms. The van der Waals surface area contributed by atoms with Gasteiger partial charge < -0.3 is 14.6 Å². The molecule has 0 saturated carbocycles. The van der Waals surface area contributed by atoms with Gasteiger partial charge >= 0.3 is 0 Å². The fourth-order valence-electron chi connectivity index (χ4n) is 2.60. The molecule has 7 nitrogen and oxygen atoms in total. The maximum atomic E-state index is 11.1. The molecule has 132 valence electrons. The highest BCUT2D eigenvalue weighted by Gasteiger charge is 2.12. The van der Waals surface area contributed by atoms with Gasteiger partial charge in [0, 0.05) is 6.07 Å². The number of benzene rings is 2. The number of methoxy groups -OCH3 is 2. The molecular formula is C19H16N2O5. The molecule has 0 aliphatic rings. The first-order valence-electron chi connectivity index (χ1n) is 7.70. The van der Waals surface area contributed by atoms with E-state index >= 15 is 0 Å². The second kappa shape index (κ2) is 7.10. The lowest BCUT2D eigenvalue weighted by molar-refractivity contribution is -0.383. The normalized spacial score (nSPS) is 11.0. The lowest BCUT2D eigenvalue weighted by atomic mass is 10.1. The van der Waals surface area contributed by atoms with Crippen LogP contribution in [0.3, 0.4) is 0 Å². The highest BCUT2D eigenvalue weighted by Crippen LogP contribution is 2.37. The van der Waals surface area contributed by atoms with Crippen molar-refractivity contribution in [2.24, 2.45) is 0 Å². The van der Waals surface area contributed by atoms with Gasteiger partial charge in [0.05, 0.1) is 35.7 Å². The van der Waals surface area contributed by atoms with E-state index in [-0.39, 0.29) is 11.4 Å². The van der Waals surface area contributed by atoms with Crippen molar-refractivity contribution in [2.45, 2.75) is 0 Å². The lowest BCUT2D eigenvalue weighted by Crippen LogP contribution is -1.91. The predicted molar refractivity (Wildman–Crippen MR) is 98.5 cm³/mol. The fourth-order valence-corrected chi connectivity index (χ4v) is 2.60. The van der Waals surface area contributed by atoms with E-state index in [0.717, 1.165) is 5.56 Å². The standard InChI is InChI=1S/C19H16N2O5/c1-25-17-10-12(11-18(26-2)19(17)22)6-7-13-8-9-14-15(20-13)4-3-5-16(14)21(23)24/h3-11,22H,1-2H3/b7-6+. The molecular weight excluding hydrogens is 336 g/mol. The van der Waals surface area contributed by atoms with Gasteiger partial charge in [0.2, 0.25) is 5.75 Å². The summed E-state index contributed by atoms with van der Waals surface area (Å²) in [5, 5.41) is 21.5. The summed E-state index contributed by atoms with van der Waals surface area (Å²) < 4.78 is 10.3. The van der Waals surface area contributed by atoms with E-state index in [4.69, 9.17) is 9.47 Å². The van der Waals surface area contributed by atoms with E-state index in [1.54, 1.807) is 48.6 Å². The van der Waals surface area contributed by atoms with Crippen molar-refractivity contribution < 1.29 is 19.5 Å². The Morgan fingerprint density at radius 3 is 2.38 bits per heavy atom. The molecule has 0 bridgehead atoms. The van der Waals surface area contributed by atoms with Gasteiger partial charge in [-0.2, -0.15) is 0 Å². The minimum Gasteiger partial charge on any atom is -0.502 e. The number of aromatic nitrogens is 1. The molecule has 26 heavy (non-hydrogen) atoms. The van der Waals surface area contributed by atoms with E-state index in [0.29, 0.717) is 28.1 Å². The number of ether oxygens (including phenoxy) is 2. The summed E-state index contributed by atoms with van der Waals surface area (Å²) in [5.74, 6) is 0.528. The van der Waals surface area contributed by atoms with Crippen LogP contribution in [-0.2, 0) is 0 Å². The van der Waals surface area contributed by atoms with Crippen molar-refractivity contribution in [3.63, 3.8) is 0 Å². The SMILES string of the molecule is COc1cc(/C=C/c2ccc3c([N+](=O)[O-])cccc3n2)cc(OC)c1O. The number of hydrogen-bond donors (Lipinski definition) is 1.